The van der Waals surface area contributed by atoms with Crippen LogP contribution in [0.15, 0.2) is 201 Å². The first-order valence-electron chi connectivity index (χ1n) is 22.7. The van der Waals surface area contributed by atoms with Gasteiger partial charge in [-0.2, -0.15) is 8.42 Å². The zero-order chi connectivity index (χ0) is 51.6. The van der Waals surface area contributed by atoms with E-state index in [1.54, 1.807) is 73.1 Å². The summed E-state index contributed by atoms with van der Waals surface area (Å²) in [5.74, 6) is 0. The highest BCUT2D eigenvalue weighted by atomic mass is 35.5. The summed E-state index contributed by atoms with van der Waals surface area (Å²) in [6, 6.07) is 42.3. The van der Waals surface area contributed by atoms with Crippen LogP contribution in [0.25, 0.3) is 99.8 Å². The summed E-state index contributed by atoms with van der Waals surface area (Å²) in [4.78, 5) is 52.5. The van der Waals surface area contributed by atoms with Crippen LogP contribution in [0, 0.1) is 0 Å². The number of para-hydroxylation sites is 1. The molecular weight excluding hydrogens is 1030 g/mol. The highest BCUT2D eigenvalue weighted by molar-refractivity contribution is 7.93. The van der Waals surface area contributed by atoms with Crippen molar-refractivity contribution in [3.63, 3.8) is 0 Å². The first kappa shape index (κ1) is 47.0. The lowest BCUT2D eigenvalue weighted by Crippen LogP contribution is -2.22. The van der Waals surface area contributed by atoms with Gasteiger partial charge in [-0.3, -0.25) is 29.0 Å². The van der Waals surface area contributed by atoms with Crippen molar-refractivity contribution in [3.05, 3.63) is 207 Å². The molecule has 7 aromatic heterocycles. The lowest BCUT2D eigenvalue weighted by atomic mass is 9.92. The van der Waals surface area contributed by atoms with E-state index in [9.17, 15) is 26.4 Å². The van der Waals surface area contributed by atoms with E-state index in [-0.39, 0.29) is 32.8 Å². The molecule has 7 heterocycles. The van der Waals surface area contributed by atoms with Crippen LogP contribution >= 0.6 is 23.2 Å². The molecule has 0 radical (unpaired) electrons. The van der Waals surface area contributed by atoms with Gasteiger partial charge in [-0.05, 0) is 89.0 Å². The smallest absolute Gasteiger partial charge is 0.277 e. The van der Waals surface area contributed by atoms with Gasteiger partial charge in [0.15, 0.2) is 15.4 Å². The second kappa shape index (κ2) is 18.5. The number of aromatic nitrogens is 7. The third-order valence-corrected chi connectivity index (χ3v) is 15.8. The van der Waals surface area contributed by atoms with Crippen LogP contribution in [-0.2, 0) is 20.0 Å². The average Bonchev–Trinajstić information content (AvgIpc) is 3.93. The molecule has 0 aliphatic rings. The summed E-state index contributed by atoms with van der Waals surface area (Å²) >= 11 is 14.0. The quantitative estimate of drug-likeness (QED) is 0.0947. The predicted octanol–water partition coefficient (Wildman–Crippen LogP) is 11.5. The van der Waals surface area contributed by atoms with E-state index in [0.29, 0.717) is 76.9 Å². The number of fused-ring (bicyclic) bond motifs is 4. The normalized spacial score (nSPS) is 11.9. The molecule has 5 aromatic carbocycles. The minimum Gasteiger partial charge on any atom is -0.362 e. The van der Waals surface area contributed by atoms with E-state index >= 15 is 0 Å². The molecule has 0 amide bonds. The fraction of sp³-hybridized carbons (Fsp3) is 0. The second-order valence-electron chi connectivity index (χ2n) is 17.2. The number of sulfonamides is 2. The molecule has 20 heteroatoms. The summed E-state index contributed by atoms with van der Waals surface area (Å²) in [5, 5.41) is 5.34. The van der Waals surface area contributed by atoms with Gasteiger partial charge in [0.1, 0.15) is 23.2 Å². The van der Waals surface area contributed by atoms with Crippen molar-refractivity contribution in [3.8, 4) is 55.9 Å². The summed E-state index contributed by atoms with van der Waals surface area (Å²) in [6.07, 6.45) is 6.64. The highest BCUT2D eigenvalue weighted by Crippen LogP contribution is 2.42. The van der Waals surface area contributed by atoms with Crippen molar-refractivity contribution in [2.24, 2.45) is 0 Å². The Morgan fingerprint density at radius 1 is 0.533 bits per heavy atom. The van der Waals surface area contributed by atoms with Crippen molar-refractivity contribution in [2.75, 3.05) is 9.44 Å². The van der Waals surface area contributed by atoms with E-state index in [1.807, 2.05) is 78.9 Å². The molecule has 0 spiro atoms. The van der Waals surface area contributed by atoms with Crippen molar-refractivity contribution in [2.45, 2.75) is 9.92 Å². The molecule has 12 aromatic rings. The first-order valence-corrected chi connectivity index (χ1v) is 26.4. The van der Waals surface area contributed by atoms with Gasteiger partial charge >= 0.3 is 0 Å². The summed E-state index contributed by atoms with van der Waals surface area (Å²) in [7, 11) is -8.63. The van der Waals surface area contributed by atoms with E-state index in [1.165, 1.54) is 6.20 Å². The Morgan fingerprint density at radius 3 is 1.97 bits per heavy atom. The van der Waals surface area contributed by atoms with Crippen LogP contribution in [0.5, 0.6) is 0 Å². The third kappa shape index (κ3) is 8.70. The molecule has 0 unspecified atom stereocenters. The number of nitrogens with one attached hydrogen (secondary N) is 4. The maximum absolute atomic E-state index is 14.2. The van der Waals surface area contributed by atoms with Crippen LogP contribution in [0.1, 0.15) is 0 Å². The van der Waals surface area contributed by atoms with Crippen LogP contribution in [0.2, 0.25) is 10.0 Å². The topological polar surface area (TPSA) is 236 Å². The van der Waals surface area contributed by atoms with Gasteiger partial charge < -0.3 is 14.5 Å². The molecule has 0 fully saturated rings. The number of benzene rings is 5. The zero-order valence-electron chi connectivity index (χ0n) is 38.4. The Labute approximate surface area is 434 Å². The van der Waals surface area contributed by atoms with Gasteiger partial charge in [0.05, 0.1) is 49.4 Å². The molecule has 366 valence electrons. The molecule has 75 heavy (non-hydrogen) atoms. The van der Waals surface area contributed by atoms with E-state index in [4.69, 9.17) is 37.7 Å². The van der Waals surface area contributed by atoms with E-state index < -0.39 is 35.8 Å². The van der Waals surface area contributed by atoms with Crippen LogP contribution in [0.3, 0.4) is 0 Å². The summed E-state index contributed by atoms with van der Waals surface area (Å²) in [5.41, 5.74) is 6.02. The number of hydrogen-bond acceptors (Lipinski definition) is 12. The summed E-state index contributed by atoms with van der Waals surface area (Å²) < 4.78 is 63.8. The largest absolute Gasteiger partial charge is 0.362 e. The van der Waals surface area contributed by atoms with Gasteiger partial charge in [0.2, 0.25) is 5.43 Å². The molecular formula is C55H33Cl2N9O7S2. The number of H-pyrrole nitrogens is 2. The van der Waals surface area contributed by atoms with Crippen LogP contribution in [-0.4, -0.2) is 51.9 Å². The number of aromatic amines is 2. The minimum absolute atomic E-state index is 0.00612. The van der Waals surface area contributed by atoms with Gasteiger partial charge in [0, 0.05) is 63.4 Å². The lowest BCUT2D eigenvalue weighted by Gasteiger charge is -2.16. The molecule has 0 saturated carbocycles. The molecule has 4 N–H and O–H groups in total. The molecule has 0 atom stereocenters. The fourth-order valence-electron chi connectivity index (χ4n) is 9.03. The summed E-state index contributed by atoms with van der Waals surface area (Å²) in [6.45, 7) is 0. The van der Waals surface area contributed by atoms with Gasteiger partial charge in [0.25, 0.3) is 20.0 Å². The lowest BCUT2D eigenvalue weighted by molar-refractivity contribution is 0.420. The number of nitrogens with zero attached hydrogens (tertiary/aromatic N) is 5. The number of anilines is 2. The van der Waals surface area contributed by atoms with Crippen LogP contribution < -0.4 is 20.3 Å². The third-order valence-electron chi connectivity index (χ3n) is 12.5. The Morgan fingerprint density at radius 2 is 1.20 bits per heavy atom. The number of hydrogen-bond donors (Lipinski definition) is 4. The van der Waals surface area contributed by atoms with Crippen molar-refractivity contribution < 1.29 is 21.4 Å². The molecule has 0 aliphatic heterocycles. The Kier molecular flexibility index (Phi) is 11.6. The van der Waals surface area contributed by atoms with Gasteiger partial charge in [-0.15, -0.1) is 0 Å². The van der Waals surface area contributed by atoms with Crippen molar-refractivity contribution in [1.82, 2.24) is 35.1 Å². The number of pyridine rings is 6. The Bertz CT molecular complexity index is 4660. The Balaban J connectivity index is 1.01. The average molecular weight is 1070 g/mol. The predicted molar refractivity (Wildman–Crippen MR) is 291 cm³/mol. The number of halogens is 2. The molecule has 0 aliphatic carbocycles. The molecule has 12 rings (SSSR count). The van der Waals surface area contributed by atoms with E-state index in [2.05, 4.69) is 34.5 Å². The molecule has 0 bridgehead atoms. The monoisotopic (exact) mass is 1070 g/mol. The van der Waals surface area contributed by atoms with Crippen LogP contribution in [0.4, 0.5) is 11.4 Å². The molecule has 16 nitrogen and oxygen atoms in total. The zero-order valence-corrected chi connectivity index (χ0v) is 41.6. The van der Waals surface area contributed by atoms with Crippen molar-refractivity contribution >= 4 is 98.5 Å². The minimum atomic E-state index is -4.41. The fourth-order valence-corrected chi connectivity index (χ4v) is 11.7. The van der Waals surface area contributed by atoms with Gasteiger partial charge in [-0.25, -0.2) is 18.4 Å². The maximum Gasteiger partial charge on any atom is 0.277 e. The number of rotatable bonds is 11. The second-order valence-corrected chi connectivity index (χ2v) is 21.3. The molecule has 0 saturated heterocycles. The maximum atomic E-state index is 14.2. The highest BCUT2D eigenvalue weighted by Gasteiger charge is 2.25. The van der Waals surface area contributed by atoms with Crippen molar-refractivity contribution in [1.29, 1.82) is 0 Å². The first-order chi connectivity index (χ1) is 36.3. The SMILES string of the molecule is O=c1cc(S(=O)(=O)Nc2ccccc2)[nH]c2nc(-c3ccccc3)c(-c3cc(Cl)c4nccc(-c5cccc(-c6nc7[nH]cc(S(=O)(=O)Nc8cnoc8)c(=O)c7cc6-c6cc(Cl)c7ncccc7c6)c5)c4c3)cc12. The van der Waals surface area contributed by atoms with E-state index in [0.717, 1.165) is 35.0 Å². The Hall–Kier alpha value is -9.07. The van der Waals surface area contributed by atoms with Gasteiger partial charge in [-0.1, -0.05) is 101 Å². The standard InChI is InChI=1S/C55H33Cl2N9O7S2/c56-44-22-34(20-33-13-8-17-58-51(33)44)40-25-43-53(68)47(74(69,70)66-37-27-61-73-29-37)28-60-54(43)63-50(40)32-12-7-11-31(19-32)38-16-18-59-52-41(38)21-35(23-45(52)57)39-24-42-46(67)26-48(75(71,72)65-36-14-5-2-6-15-36)62-55(42)64-49(39)30-9-3-1-4-10-30/h1-29,65-66H,(H,60,63,68)(H,62,64,67).